The number of rotatable bonds is 1. The molecule has 0 saturated carbocycles. The molecule has 0 unspecified atom stereocenters. The van der Waals surface area contributed by atoms with Crippen molar-refractivity contribution in [2.75, 3.05) is 19.3 Å². The summed E-state index contributed by atoms with van der Waals surface area (Å²) in [5, 5.41) is 8.51. The van der Waals surface area contributed by atoms with Crippen LogP contribution < -0.4 is 10.5 Å². The van der Waals surface area contributed by atoms with Crippen molar-refractivity contribution in [3.63, 3.8) is 0 Å². The SMILES string of the molecule is C[C@H]1CN(C)[C@H]2CS(=O)(=O)c3sc(S(N)(=O)=O)cc3[C@H]2N1. The normalized spacial score (nSPS) is 32.4. The van der Waals surface area contributed by atoms with Crippen LogP contribution >= 0.6 is 11.3 Å². The Morgan fingerprint density at radius 1 is 1.48 bits per heavy atom. The predicted molar refractivity (Wildman–Crippen MR) is 79.5 cm³/mol. The summed E-state index contributed by atoms with van der Waals surface area (Å²) in [5.41, 5.74) is 0.527. The minimum Gasteiger partial charge on any atom is -0.305 e. The smallest absolute Gasteiger partial charge is 0.247 e. The van der Waals surface area contributed by atoms with Crippen LogP contribution in [0.4, 0.5) is 0 Å². The van der Waals surface area contributed by atoms with Gasteiger partial charge in [-0.2, -0.15) is 0 Å². The van der Waals surface area contributed by atoms with Crippen LogP contribution in [0.1, 0.15) is 18.5 Å². The Bertz CT molecular complexity index is 784. The first kappa shape index (κ1) is 15.4. The predicted octanol–water partition coefficient (Wildman–Crippen LogP) is -0.484. The largest absolute Gasteiger partial charge is 0.305 e. The number of fused-ring (bicyclic) bond motifs is 3. The van der Waals surface area contributed by atoms with Crippen molar-refractivity contribution < 1.29 is 16.8 Å². The topological polar surface area (TPSA) is 110 Å². The minimum absolute atomic E-state index is 0.00847. The molecule has 0 aromatic carbocycles. The molecular formula is C11H17N3O4S3. The third-order valence-corrected chi connectivity index (χ3v) is 8.93. The summed E-state index contributed by atoms with van der Waals surface area (Å²) in [5.74, 6) is -0.00847. The first-order valence-electron chi connectivity index (χ1n) is 6.45. The molecule has 3 rings (SSSR count). The van der Waals surface area contributed by atoms with Gasteiger partial charge in [-0.05, 0) is 20.0 Å². The average Bonchev–Trinajstić information content (AvgIpc) is 2.77. The quantitative estimate of drug-likeness (QED) is 0.707. The molecular weight excluding hydrogens is 334 g/mol. The molecule has 0 radical (unpaired) electrons. The lowest BCUT2D eigenvalue weighted by atomic mass is 9.97. The van der Waals surface area contributed by atoms with Gasteiger partial charge in [-0.1, -0.05) is 0 Å². The fourth-order valence-corrected chi connectivity index (χ4v) is 7.49. The Kier molecular flexibility index (Phi) is 3.47. The van der Waals surface area contributed by atoms with E-state index in [1.165, 1.54) is 6.07 Å². The number of nitrogens with two attached hydrogens (primary N) is 1. The molecule has 1 aromatic rings. The van der Waals surface area contributed by atoms with E-state index in [2.05, 4.69) is 5.32 Å². The first-order valence-corrected chi connectivity index (χ1v) is 10.5. The molecule has 3 N–H and O–H groups in total. The number of primary sulfonamides is 1. The molecule has 1 saturated heterocycles. The molecule has 2 aliphatic heterocycles. The van der Waals surface area contributed by atoms with Crippen LogP contribution in [0.5, 0.6) is 0 Å². The van der Waals surface area contributed by atoms with Gasteiger partial charge in [0.1, 0.15) is 8.42 Å². The van der Waals surface area contributed by atoms with Gasteiger partial charge in [-0.15, -0.1) is 11.3 Å². The zero-order chi connectivity index (χ0) is 15.6. The Labute approximate surface area is 128 Å². The van der Waals surface area contributed by atoms with Gasteiger partial charge in [0, 0.05) is 24.2 Å². The number of likely N-dealkylation sites (N-methyl/N-ethyl adjacent to an activating group) is 1. The number of piperazine rings is 1. The second-order valence-electron chi connectivity index (χ2n) is 5.69. The lowest BCUT2D eigenvalue weighted by Crippen LogP contribution is -2.59. The second-order valence-corrected chi connectivity index (χ2v) is 10.8. The number of sulfone groups is 1. The Balaban J connectivity index is 2.18. The van der Waals surface area contributed by atoms with Gasteiger partial charge in [0.15, 0.2) is 9.84 Å². The van der Waals surface area contributed by atoms with Crippen LogP contribution in [0.2, 0.25) is 0 Å². The van der Waals surface area contributed by atoms with Gasteiger partial charge in [0.05, 0.1) is 11.8 Å². The second kappa shape index (κ2) is 4.74. The van der Waals surface area contributed by atoms with E-state index in [0.29, 0.717) is 5.56 Å². The number of nitrogens with zero attached hydrogens (tertiary/aromatic N) is 1. The van der Waals surface area contributed by atoms with Crippen molar-refractivity contribution >= 4 is 31.2 Å². The van der Waals surface area contributed by atoms with Gasteiger partial charge in [-0.3, -0.25) is 4.90 Å². The van der Waals surface area contributed by atoms with E-state index in [9.17, 15) is 16.8 Å². The Morgan fingerprint density at radius 2 is 2.14 bits per heavy atom. The van der Waals surface area contributed by atoms with Crippen LogP contribution in [-0.2, 0) is 19.9 Å². The number of thiophene rings is 1. The molecule has 1 aromatic heterocycles. The van der Waals surface area contributed by atoms with Crippen LogP contribution in [-0.4, -0.2) is 53.2 Å². The van der Waals surface area contributed by atoms with E-state index in [0.717, 1.165) is 17.9 Å². The summed E-state index contributed by atoms with van der Waals surface area (Å²) in [6, 6.07) is 1.22. The molecule has 10 heteroatoms. The summed E-state index contributed by atoms with van der Waals surface area (Å²) in [7, 11) is -5.49. The number of hydrogen-bond acceptors (Lipinski definition) is 7. The highest BCUT2D eigenvalue weighted by Crippen LogP contribution is 2.42. The first-order chi connectivity index (χ1) is 9.59. The van der Waals surface area contributed by atoms with E-state index >= 15 is 0 Å². The van der Waals surface area contributed by atoms with E-state index in [4.69, 9.17) is 5.14 Å². The third-order valence-electron chi connectivity index (χ3n) is 3.97. The zero-order valence-electron chi connectivity index (χ0n) is 11.6. The summed E-state index contributed by atoms with van der Waals surface area (Å²) in [6.07, 6.45) is 0. The van der Waals surface area contributed by atoms with Crippen molar-refractivity contribution in [3.8, 4) is 0 Å². The van der Waals surface area contributed by atoms with E-state index in [1.54, 1.807) is 0 Å². The molecule has 2 aliphatic rings. The highest BCUT2D eigenvalue weighted by atomic mass is 32.3. The monoisotopic (exact) mass is 351 g/mol. The van der Waals surface area contributed by atoms with Gasteiger partial charge in [-0.25, -0.2) is 22.0 Å². The summed E-state index contributed by atoms with van der Waals surface area (Å²) >= 11 is 0.748. The molecule has 0 bridgehead atoms. The highest BCUT2D eigenvalue weighted by molar-refractivity contribution is 7.95. The van der Waals surface area contributed by atoms with Crippen molar-refractivity contribution in [1.29, 1.82) is 0 Å². The summed E-state index contributed by atoms with van der Waals surface area (Å²) in [4.78, 5) is 2.01. The Hall–Kier alpha value is -0.520. The molecule has 0 amide bonds. The molecule has 1 fully saturated rings. The third kappa shape index (κ3) is 2.53. The van der Waals surface area contributed by atoms with Crippen LogP contribution in [0.25, 0.3) is 0 Å². The van der Waals surface area contributed by atoms with Crippen molar-refractivity contribution in [2.24, 2.45) is 5.14 Å². The molecule has 21 heavy (non-hydrogen) atoms. The number of nitrogens with one attached hydrogen (secondary N) is 1. The fourth-order valence-electron chi connectivity index (χ4n) is 3.08. The van der Waals surface area contributed by atoms with Crippen molar-refractivity contribution in [3.05, 3.63) is 11.6 Å². The average molecular weight is 351 g/mol. The lowest BCUT2D eigenvalue weighted by molar-refractivity contribution is 0.132. The molecule has 3 heterocycles. The maximum atomic E-state index is 12.4. The van der Waals surface area contributed by atoms with E-state index in [-0.39, 0.29) is 32.3 Å². The maximum absolute atomic E-state index is 12.4. The maximum Gasteiger partial charge on any atom is 0.247 e. The zero-order valence-corrected chi connectivity index (χ0v) is 14.1. The van der Waals surface area contributed by atoms with E-state index in [1.807, 2.05) is 18.9 Å². The summed E-state index contributed by atoms with van der Waals surface area (Å²) < 4.78 is 47.9. The fraction of sp³-hybridized carbons (Fsp3) is 0.636. The van der Waals surface area contributed by atoms with E-state index < -0.39 is 19.9 Å². The van der Waals surface area contributed by atoms with Gasteiger partial charge in [0.2, 0.25) is 10.0 Å². The molecule has 0 aliphatic carbocycles. The van der Waals surface area contributed by atoms with Gasteiger partial charge >= 0.3 is 0 Å². The van der Waals surface area contributed by atoms with Crippen LogP contribution in [0.15, 0.2) is 14.5 Å². The van der Waals surface area contributed by atoms with Gasteiger partial charge in [0.25, 0.3) is 0 Å². The van der Waals surface area contributed by atoms with Crippen molar-refractivity contribution in [1.82, 2.24) is 10.2 Å². The van der Waals surface area contributed by atoms with Gasteiger partial charge < -0.3 is 5.32 Å². The molecule has 3 atom stereocenters. The Morgan fingerprint density at radius 3 is 2.76 bits per heavy atom. The minimum atomic E-state index is -3.90. The molecule has 7 nitrogen and oxygen atoms in total. The number of sulfonamides is 1. The lowest BCUT2D eigenvalue weighted by Gasteiger charge is -2.45. The molecule has 0 spiro atoms. The highest BCUT2D eigenvalue weighted by Gasteiger charge is 2.44. The molecule has 118 valence electrons. The number of hydrogen-bond donors (Lipinski definition) is 2. The standard InChI is InChI=1S/C11H17N3O4S3/c1-6-4-14(2)8-5-20(15,16)11-7(10(8)13-6)3-9(19-11)21(12,17)18/h3,6,8,10,13H,4-5H2,1-2H3,(H2,12,17,18)/t6-,8-,10+/m0/s1. The van der Waals surface area contributed by atoms with Crippen molar-refractivity contribution in [2.45, 2.75) is 33.5 Å². The van der Waals surface area contributed by atoms with Crippen LogP contribution in [0.3, 0.4) is 0 Å². The van der Waals surface area contributed by atoms with Crippen LogP contribution in [0, 0.1) is 0 Å². The summed E-state index contributed by atoms with van der Waals surface area (Å²) in [6.45, 7) is 2.76.